The van der Waals surface area contributed by atoms with Crippen LogP contribution in [0.25, 0.3) is 0 Å². The Morgan fingerprint density at radius 3 is 1.67 bits per heavy atom. The maximum atomic E-state index is 2.53. The Labute approximate surface area is 136 Å². The molecule has 0 saturated heterocycles. The molecule has 0 heterocycles. The zero-order valence-corrected chi connectivity index (χ0v) is 16.6. The summed E-state index contributed by atoms with van der Waals surface area (Å²) in [4.78, 5) is 0. The summed E-state index contributed by atoms with van der Waals surface area (Å²) in [5.41, 5.74) is 0. The molecule has 0 aromatic heterocycles. The minimum Gasteiger partial charge on any atom is -0.0654 e. The minimum absolute atomic E-state index is 0.819. The first-order chi connectivity index (χ1) is 9.70. The standard InChI is InChI=1S/C21H44/c1-10-11-12-17(6)20(9)21(13-15(2)3)19(8)14-18(7)16(4)5/h15-21H,10-14H2,1-9H3. The monoisotopic (exact) mass is 296 g/mol. The normalized spacial score (nSPS) is 19.6. The molecule has 0 N–H and O–H groups in total. The highest BCUT2D eigenvalue weighted by molar-refractivity contribution is 4.78. The minimum atomic E-state index is 0.819. The van der Waals surface area contributed by atoms with E-state index in [4.69, 9.17) is 0 Å². The van der Waals surface area contributed by atoms with Gasteiger partial charge in [0.05, 0.1) is 0 Å². The maximum Gasteiger partial charge on any atom is -0.0358 e. The lowest BCUT2D eigenvalue weighted by Crippen LogP contribution is -2.28. The summed E-state index contributed by atoms with van der Waals surface area (Å²) in [7, 11) is 0. The molecule has 0 nitrogen and oxygen atoms in total. The van der Waals surface area contributed by atoms with E-state index in [9.17, 15) is 0 Å². The van der Waals surface area contributed by atoms with Crippen molar-refractivity contribution in [3.8, 4) is 0 Å². The van der Waals surface area contributed by atoms with Gasteiger partial charge in [-0.2, -0.15) is 0 Å². The molecule has 128 valence electrons. The van der Waals surface area contributed by atoms with Crippen LogP contribution in [0.5, 0.6) is 0 Å². The Balaban J connectivity index is 4.75. The molecule has 5 atom stereocenters. The van der Waals surface area contributed by atoms with Crippen molar-refractivity contribution in [2.24, 2.45) is 41.4 Å². The average Bonchev–Trinajstić information content (AvgIpc) is 2.40. The van der Waals surface area contributed by atoms with Crippen LogP contribution in [-0.2, 0) is 0 Å². The summed E-state index contributed by atoms with van der Waals surface area (Å²) in [6, 6.07) is 0. The predicted molar refractivity (Wildman–Crippen MR) is 98.6 cm³/mol. The smallest absolute Gasteiger partial charge is 0.0358 e. The lowest BCUT2D eigenvalue weighted by molar-refractivity contribution is 0.135. The molecule has 0 aromatic carbocycles. The van der Waals surface area contributed by atoms with E-state index < -0.39 is 0 Å². The van der Waals surface area contributed by atoms with Gasteiger partial charge in [0.1, 0.15) is 0 Å². The Morgan fingerprint density at radius 2 is 1.24 bits per heavy atom. The molecule has 0 heteroatoms. The van der Waals surface area contributed by atoms with Gasteiger partial charge in [-0.3, -0.25) is 0 Å². The number of rotatable bonds is 11. The van der Waals surface area contributed by atoms with Crippen molar-refractivity contribution < 1.29 is 0 Å². The summed E-state index contributed by atoms with van der Waals surface area (Å²) >= 11 is 0. The molecule has 21 heavy (non-hydrogen) atoms. The van der Waals surface area contributed by atoms with Crippen molar-refractivity contribution in [2.45, 2.75) is 94.4 Å². The summed E-state index contributed by atoms with van der Waals surface area (Å²) in [6.45, 7) is 21.9. The first-order valence-corrected chi connectivity index (χ1v) is 9.70. The van der Waals surface area contributed by atoms with Gasteiger partial charge in [-0.15, -0.1) is 0 Å². The Bertz CT molecular complexity index is 240. The summed E-state index contributed by atoms with van der Waals surface area (Å²) in [6.07, 6.45) is 6.96. The Hall–Kier alpha value is 0. The van der Waals surface area contributed by atoms with Gasteiger partial charge in [-0.05, 0) is 54.3 Å². The van der Waals surface area contributed by atoms with Crippen LogP contribution in [0, 0.1) is 41.4 Å². The first kappa shape index (κ1) is 21.0. The highest BCUT2D eigenvalue weighted by Gasteiger charge is 2.29. The number of hydrogen-bond donors (Lipinski definition) is 0. The van der Waals surface area contributed by atoms with Crippen molar-refractivity contribution >= 4 is 0 Å². The highest BCUT2D eigenvalue weighted by atomic mass is 14.3. The fraction of sp³-hybridized carbons (Fsp3) is 1.00. The van der Waals surface area contributed by atoms with E-state index in [1.54, 1.807) is 0 Å². The van der Waals surface area contributed by atoms with Crippen molar-refractivity contribution in [3.05, 3.63) is 0 Å². The summed E-state index contributed by atoms with van der Waals surface area (Å²) in [5, 5.41) is 0. The van der Waals surface area contributed by atoms with Crippen LogP contribution < -0.4 is 0 Å². The second kappa shape index (κ2) is 10.7. The van der Waals surface area contributed by atoms with E-state index in [0.717, 1.165) is 41.4 Å². The molecule has 0 aliphatic heterocycles. The second-order valence-electron chi connectivity index (χ2n) is 8.71. The molecule has 0 aliphatic carbocycles. The van der Waals surface area contributed by atoms with Crippen molar-refractivity contribution in [1.82, 2.24) is 0 Å². The van der Waals surface area contributed by atoms with Gasteiger partial charge in [0.25, 0.3) is 0 Å². The SMILES string of the molecule is CCCCC(C)C(C)C(CC(C)C)C(C)CC(C)C(C)C. The lowest BCUT2D eigenvalue weighted by atomic mass is 9.69. The third-order valence-corrected chi connectivity index (χ3v) is 5.94. The fourth-order valence-electron chi connectivity index (χ4n) is 3.75. The van der Waals surface area contributed by atoms with E-state index >= 15 is 0 Å². The third kappa shape index (κ3) is 8.27. The van der Waals surface area contributed by atoms with E-state index in [0.29, 0.717) is 0 Å². The Morgan fingerprint density at radius 1 is 0.667 bits per heavy atom. The molecule has 0 radical (unpaired) electrons. The van der Waals surface area contributed by atoms with Crippen LogP contribution in [-0.4, -0.2) is 0 Å². The van der Waals surface area contributed by atoms with Crippen molar-refractivity contribution in [2.75, 3.05) is 0 Å². The van der Waals surface area contributed by atoms with Gasteiger partial charge in [0.2, 0.25) is 0 Å². The number of unbranched alkanes of at least 4 members (excludes halogenated alkanes) is 1. The van der Waals surface area contributed by atoms with E-state index in [1.807, 2.05) is 0 Å². The zero-order chi connectivity index (χ0) is 16.6. The summed E-state index contributed by atoms with van der Waals surface area (Å²) < 4.78 is 0. The van der Waals surface area contributed by atoms with Gasteiger partial charge in [0.15, 0.2) is 0 Å². The Kier molecular flexibility index (Phi) is 10.7. The predicted octanol–water partition coefficient (Wildman–Crippen LogP) is 7.43. The van der Waals surface area contributed by atoms with Crippen LogP contribution in [0.2, 0.25) is 0 Å². The molecule has 0 rings (SSSR count). The molecular weight excluding hydrogens is 252 g/mol. The van der Waals surface area contributed by atoms with Crippen LogP contribution >= 0.6 is 0 Å². The average molecular weight is 297 g/mol. The van der Waals surface area contributed by atoms with E-state index in [2.05, 4.69) is 62.3 Å². The molecular formula is C21H44. The largest absolute Gasteiger partial charge is 0.0654 e. The molecule has 0 bridgehead atoms. The topological polar surface area (TPSA) is 0 Å². The highest BCUT2D eigenvalue weighted by Crippen LogP contribution is 2.37. The van der Waals surface area contributed by atoms with Gasteiger partial charge in [-0.25, -0.2) is 0 Å². The van der Waals surface area contributed by atoms with E-state index in [1.165, 1.54) is 32.1 Å². The summed E-state index contributed by atoms with van der Waals surface area (Å²) in [5.74, 6) is 6.01. The molecule has 0 aliphatic rings. The number of hydrogen-bond acceptors (Lipinski definition) is 0. The van der Waals surface area contributed by atoms with Gasteiger partial charge in [-0.1, -0.05) is 81.6 Å². The van der Waals surface area contributed by atoms with Gasteiger partial charge in [0, 0.05) is 0 Å². The third-order valence-electron chi connectivity index (χ3n) is 5.94. The van der Waals surface area contributed by atoms with Crippen LogP contribution in [0.4, 0.5) is 0 Å². The van der Waals surface area contributed by atoms with E-state index in [-0.39, 0.29) is 0 Å². The second-order valence-corrected chi connectivity index (χ2v) is 8.71. The maximum absolute atomic E-state index is 2.53. The van der Waals surface area contributed by atoms with Crippen molar-refractivity contribution in [3.63, 3.8) is 0 Å². The van der Waals surface area contributed by atoms with Gasteiger partial charge >= 0.3 is 0 Å². The molecule has 0 amide bonds. The zero-order valence-electron chi connectivity index (χ0n) is 16.6. The lowest BCUT2D eigenvalue weighted by Gasteiger charge is -2.36. The van der Waals surface area contributed by atoms with Crippen molar-refractivity contribution in [1.29, 1.82) is 0 Å². The fourth-order valence-corrected chi connectivity index (χ4v) is 3.75. The molecule has 0 spiro atoms. The van der Waals surface area contributed by atoms with Gasteiger partial charge < -0.3 is 0 Å². The molecule has 0 saturated carbocycles. The quantitative estimate of drug-likeness (QED) is 0.372. The molecule has 0 fully saturated rings. The van der Waals surface area contributed by atoms with Crippen LogP contribution in [0.1, 0.15) is 94.4 Å². The van der Waals surface area contributed by atoms with Crippen LogP contribution in [0.15, 0.2) is 0 Å². The molecule has 0 aromatic rings. The molecule has 5 unspecified atom stereocenters. The van der Waals surface area contributed by atoms with Crippen LogP contribution in [0.3, 0.4) is 0 Å². The first-order valence-electron chi connectivity index (χ1n) is 9.70.